The van der Waals surface area contributed by atoms with Crippen molar-refractivity contribution in [1.29, 1.82) is 0 Å². The van der Waals surface area contributed by atoms with Crippen LogP contribution in [0.3, 0.4) is 0 Å². The number of nitrogens with zero attached hydrogens (tertiary/aromatic N) is 1. The number of hydrogen-bond donors (Lipinski definition) is 2. The second-order valence-electron chi connectivity index (χ2n) is 21.8. The molecular formula is C66H85NO12. The minimum Gasteiger partial charge on any atom is -0.508 e. The molecule has 0 fully saturated rings. The van der Waals surface area contributed by atoms with Crippen LogP contribution in [0.5, 0.6) is 34.5 Å². The average molecular weight is 1080 g/mol. The van der Waals surface area contributed by atoms with Gasteiger partial charge < -0.3 is 48.3 Å². The van der Waals surface area contributed by atoms with Gasteiger partial charge in [0.05, 0.1) is 19.8 Å². The number of phenols is 2. The van der Waals surface area contributed by atoms with E-state index < -0.39 is 0 Å². The largest absolute Gasteiger partial charge is 0.508 e. The molecule has 2 N–H and O–H groups in total. The number of rotatable bonds is 21. The topological polar surface area (TPSA) is 160 Å². The Morgan fingerprint density at radius 2 is 0.823 bits per heavy atom. The van der Waals surface area contributed by atoms with Gasteiger partial charge in [0.15, 0.2) is 19.8 Å². The van der Waals surface area contributed by atoms with Crippen LogP contribution < -0.4 is 18.9 Å². The van der Waals surface area contributed by atoms with Crippen molar-refractivity contribution in [3.05, 3.63) is 144 Å². The van der Waals surface area contributed by atoms with Crippen LogP contribution in [0.4, 0.5) is 0 Å². The lowest BCUT2D eigenvalue weighted by Crippen LogP contribution is -2.21. The van der Waals surface area contributed by atoms with Gasteiger partial charge in [-0.25, -0.2) is 14.4 Å². The third-order valence-electron chi connectivity index (χ3n) is 12.3. The number of benzene rings is 6. The van der Waals surface area contributed by atoms with Crippen LogP contribution in [0.25, 0.3) is 33.4 Å². The molecule has 79 heavy (non-hydrogen) atoms. The van der Waals surface area contributed by atoms with Gasteiger partial charge >= 0.3 is 17.9 Å². The molecule has 6 rings (SSSR count). The normalized spacial score (nSPS) is 11.2. The Labute approximate surface area is 469 Å². The zero-order chi connectivity index (χ0) is 58.5. The first-order chi connectivity index (χ1) is 37.3. The van der Waals surface area contributed by atoms with Crippen molar-refractivity contribution in [3.8, 4) is 67.9 Å². The highest BCUT2D eigenvalue weighted by atomic mass is 16.6. The molecule has 0 aromatic heterocycles. The fourth-order valence-electron chi connectivity index (χ4n) is 8.11. The summed E-state index contributed by atoms with van der Waals surface area (Å²) in [6, 6.07) is 38.5. The van der Waals surface area contributed by atoms with E-state index in [2.05, 4.69) is 104 Å². The maximum Gasteiger partial charge on any atom is 0.344 e. The number of carbonyl (C=O) groups is 3. The summed E-state index contributed by atoms with van der Waals surface area (Å²) >= 11 is 0. The summed E-state index contributed by atoms with van der Waals surface area (Å²) in [6.45, 7) is 28.9. The standard InChI is InChI=1S/C28H41NO4.C22H28O4.C16H16O4/c1-10-31-26(30)19-33-25-14-12-21(18-23(25)28(5,6)7)20-11-13-24(32-16-15-29(8)9)22(17-20)27(2,3)4;1-6-25-22(24)13-26-21-10-8-17(12-19(21)15(4)5)16-7-9-20(23)18(11-16)14(2)3;1-2-19-16(18)11-20-15-9-5-13(6-10-15)12-3-7-14(17)8-4-12/h11-14,17-18H,10,15-16,19H2,1-9H3;7-12,14-15,23H,6,13H2,1-5H3;3-10,17H,2,11H2,1H3. The Bertz CT molecular complexity index is 2870. The molecule has 0 aliphatic carbocycles. The van der Waals surface area contributed by atoms with E-state index in [0.717, 1.165) is 62.4 Å². The van der Waals surface area contributed by atoms with Crippen LogP contribution in [0.15, 0.2) is 121 Å². The minimum absolute atomic E-state index is 0.0565. The molecule has 0 saturated carbocycles. The van der Waals surface area contributed by atoms with Crippen molar-refractivity contribution < 1.29 is 57.8 Å². The highest BCUT2D eigenvalue weighted by Crippen LogP contribution is 2.40. The molecule has 0 unspecified atom stereocenters. The monoisotopic (exact) mass is 1080 g/mol. The maximum atomic E-state index is 11.8. The predicted octanol–water partition coefficient (Wildman–Crippen LogP) is 14.1. The van der Waals surface area contributed by atoms with Crippen molar-refractivity contribution in [2.75, 3.05) is 66.9 Å². The number of phenolic OH excluding ortho intramolecular Hbond substituents is 2. The molecule has 0 spiro atoms. The number of ether oxygens (including phenoxy) is 7. The highest BCUT2D eigenvalue weighted by Gasteiger charge is 2.24. The van der Waals surface area contributed by atoms with E-state index in [1.165, 1.54) is 5.56 Å². The molecule has 0 radical (unpaired) electrons. The molecule has 0 heterocycles. The van der Waals surface area contributed by atoms with E-state index >= 15 is 0 Å². The van der Waals surface area contributed by atoms with Crippen LogP contribution in [0, 0.1) is 0 Å². The van der Waals surface area contributed by atoms with Gasteiger partial charge in [-0.3, -0.25) is 0 Å². The molecule has 0 saturated heterocycles. The lowest BCUT2D eigenvalue weighted by Gasteiger charge is -2.26. The minimum atomic E-state index is -0.380. The van der Waals surface area contributed by atoms with Crippen LogP contribution in [0.1, 0.15) is 124 Å². The first kappa shape index (κ1) is 64.0. The number of carbonyl (C=O) groups excluding carboxylic acids is 3. The van der Waals surface area contributed by atoms with Gasteiger partial charge in [-0.2, -0.15) is 0 Å². The van der Waals surface area contributed by atoms with Crippen molar-refractivity contribution >= 4 is 17.9 Å². The molecule has 13 nitrogen and oxygen atoms in total. The van der Waals surface area contributed by atoms with E-state index in [-0.39, 0.29) is 66.1 Å². The van der Waals surface area contributed by atoms with Crippen molar-refractivity contribution in [2.45, 2.75) is 113 Å². The van der Waals surface area contributed by atoms with E-state index in [4.69, 9.17) is 33.2 Å². The van der Waals surface area contributed by atoms with Gasteiger partial charge in [-0.05, 0) is 175 Å². The fraction of sp³-hybridized carbons (Fsp3) is 0.409. The zero-order valence-electron chi connectivity index (χ0n) is 49.3. The highest BCUT2D eigenvalue weighted by molar-refractivity contribution is 5.74. The van der Waals surface area contributed by atoms with Gasteiger partial charge in [0.25, 0.3) is 0 Å². The maximum absolute atomic E-state index is 11.8. The Morgan fingerprint density at radius 3 is 1.25 bits per heavy atom. The summed E-state index contributed by atoms with van der Waals surface area (Å²) in [6.07, 6.45) is 0. The molecule has 0 aliphatic rings. The molecule has 0 aliphatic heterocycles. The van der Waals surface area contributed by atoms with E-state index in [1.807, 2.05) is 74.8 Å². The average Bonchev–Trinajstić information content (AvgIpc) is 3.42. The van der Waals surface area contributed by atoms with Crippen molar-refractivity contribution in [3.63, 3.8) is 0 Å². The fourth-order valence-corrected chi connectivity index (χ4v) is 8.11. The van der Waals surface area contributed by atoms with E-state index in [0.29, 0.717) is 49.4 Å². The third kappa shape index (κ3) is 20.7. The van der Waals surface area contributed by atoms with Crippen LogP contribution in [0.2, 0.25) is 0 Å². The summed E-state index contributed by atoms with van der Waals surface area (Å²) in [4.78, 5) is 36.6. The lowest BCUT2D eigenvalue weighted by molar-refractivity contribution is -0.146. The Kier molecular flexibility index (Phi) is 24.8. The molecule has 6 aromatic carbocycles. The smallest absolute Gasteiger partial charge is 0.344 e. The van der Waals surface area contributed by atoms with E-state index in [1.54, 1.807) is 51.1 Å². The zero-order valence-corrected chi connectivity index (χ0v) is 49.3. The Morgan fingerprint density at radius 1 is 0.456 bits per heavy atom. The molecule has 6 aromatic rings. The summed E-state index contributed by atoms with van der Waals surface area (Å²) in [5.74, 6) is 2.88. The van der Waals surface area contributed by atoms with Gasteiger partial charge in [0.1, 0.15) is 41.1 Å². The first-order valence-corrected chi connectivity index (χ1v) is 27.1. The second kappa shape index (κ2) is 30.6. The van der Waals surface area contributed by atoms with Crippen LogP contribution >= 0.6 is 0 Å². The van der Waals surface area contributed by atoms with E-state index in [9.17, 15) is 24.6 Å². The number of hydrogen-bond acceptors (Lipinski definition) is 13. The summed E-state index contributed by atoms with van der Waals surface area (Å²) < 4.78 is 37.6. The molecule has 0 bridgehead atoms. The third-order valence-corrected chi connectivity index (χ3v) is 12.3. The molecule has 426 valence electrons. The number of aromatic hydroxyl groups is 2. The van der Waals surface area contributed by atoms with Gasteiger partial charge in [-0.15, -0.1) is 0 Å². The van der Waals surface area contributed by atoms with Crippen molar-refractivity contribution in [2.24, 2.45) is 0 Å². The Balaban J connectivity index is 0.000000263. The van der Waals surface area contributed by atoms with Gasteiger partial charge in [0, 0.05) is 17.7 Å². The summed E-state index contributed by atoms with van der Waals surface area (Å²) in [5.41, 5.74) is 10.3. The van der Waals surface area contributed by atoms with Gasteiger partial charge in [0.2, 0.25) is 0 Å². The first-order valence-electron chi connectivity index (χ1n) is 27.1. The SMILES string of the molecule is CCOC(=O)COc1ccc(-c2ccc(O)c(C(C)C)c2)cc1C(C)C.CCOC(=O)COc1ccc(-c2ccc(O)cc2)cc1.CCOC(=O)COc1ccc(-c2ccc(OCCN(C)C)c(C(C)(C)C)c2)cc1C(C)(C)C. The predicted molar refractivity (Wildman–Crippen MR) is 315 cm³/mol. The second-order valence-corrected chi connectivity index (χ2v) is 21.8. The number of esters is 3. The lowest BCUT2D eigenvalue weighted by atomic mass is 9.82. The molecule has 0 amide bonds. The molecular weight excluding hydrogens is 999 g/mol. The quantitative estimate of drug-likeness (QED) is 0.0518. The number of likely N-dealkylation sites (N-methyl/N-ethyl adjacent to an activating group) is 1. The summed E-state index contributed by atoms with van der Waals surface area (Å²) in [7, 11) is 4.09. The van der Waals surface area contributed by atoms with Crippen molar-refractivity contribution in [1.82, 2.24) is 4.90 Å². The summed E-state index contributed by atoms with van der Waals surface area (Å²) in [5, 5.41) is 19.3. The van der Waals surface area contributed by atoms with Crippen LogP contribution in [-0.4, -0.2) is 99.9 Å². The van der Waals surface area contributed by atoms with Crippen LogP contribution in [-0.2, 0) is 39.4 Å². The molecule has 0 atom stereocenters. The Hall–Kier alpha value is -7.51. The molecule has 13 heteroatoms. The van der Waals surface area contributed by atoms with Gasteiger partial charge in [-0.1, -0.05) is 118 Å².